The van der Waals surface area contributed by atoms with Gasteiger partial charge < -0.3 is 10.4 Å². The molecule has 2 rings (SSSR count). The molecule has 94 valence electrons. The van der Waals surface area contributed by atoms with Gasteiger partial charge in [-0.15, -0.1) is 0 Å². The third kappa shape index (κ3) is 2.35. The fraction of sp³-hybridized carbons (Fsp3) is 1.00. The smallest absolute Gasteiger partial charge is 0.389 e. The summed E-state index contributed by atoms with van der Waals surface area (Å²) in [4.78, 5) is 0. The molecule has 0 heterocycles. The first-order valence-corrected chi connectivity index (χ1v) is 5.91. The number of aliphatic hydroxyl groups is 1. The average molecular weight is 237 g/mol. The van der Waals surface area contributed by atoms with Gasteiger partial charge in [-0.1, -0.05) is 19.3 Å². The molecule has 2 nitrogen and oxygen atoms in total. The van der Waals surface area contributed by atoms with Gasteiger partial charge in [-0.05, 0) is 25.7 Å². The van der Waals surface area contributed by atoms with Crippen molar-refractivity contribution < 1.29 is 18.3 Å². The summed E-state index contributed by atoms with van der Waals surface area (Å²) in [7, 11) is 0. The molecule has 0 bridgehead atoms. The molecule has 0 atom stereocenters. The van der Waals surface area contributed by atoms with E-state index in [1.807, 2.05) is 0 Å². The molecule has 0 aromatic heterocycles. The summed E-state index contributed by atoms with van der Waals surface area (Å²) in [5.41, 5.74) is -2.61. The van der Waals surface area contributed by atoms with Crippen molar-refractivity contribution in [3.63, 3.8) is 0 Å². The van der Waals surface area contributed by atoms with E-state index >= 15 is 0 Å². The molecule has 0 aliphatic heterocycles. The maximum absolute atomic E-state index is 12.6. The fourth-order valence-electron chi connectivity index (χ4n) is 2.41. The largest absolute Gasteiger partial charge is 0.406 e. The van der Waals surface area contributed by atoms with Crippen molar-refractivity contribution in [2.75, 3.05) is 6.54 Å². The third-order valence-corrected chi connectivity index (χ3v) is 3.83. The van der Waals surface area contributed by atoms with Crippen LogP contribution in [0.4, 0.5) is 13.2 Å². The van der Waals surface area contributed by atoms with E-state index in [2.05, 4.69) is 5.32 Å². The monoisotopic (exact) mass is 237 g/mol. The average Bonchev–Trinajstić information content (AvgIpc) is 2.96. The highest BCUT2D eigenvalue weighted by atomic mass is 19.4. The van der Waals surface area contributed by atoms with Crippen LogP contribution in [0.25, 0.3) is 0 Å². The van der Waals surface area contributed by atoms with E-state index in [9.17, 15) is 18.3 Å². The van der Waals surface area contributed by atoms with E-state index in [4.69, 9.17) is 0 Å². The Hall–Kier alpha value is -0.290. The Labute approximate surface area is 93.2 Å². The normalized spacial score (nSPS) is 27.8. The topological polar surface area (TPSA) is 32.3 Å². The van der Waals surface area contributed by atoms with Crippen molar-refractivity contribution in [3.8, 4) is 0 Å². The second kappa shape index (κ2) is 3.88. The third-order valence-electron chi connectivity index (χ3n) is 3.83. The summed E-state index contributed by atoms with van der Waals surface area (Å²) in [6.45, 7) is 0.0759. The van der Waals surface area contributed by atoms with Gasteiger partial charge in [0.25, 0.3) is 0 Å². The lowest BCUT2D eigenvalue weighted by Crippen LogP contribution is -2.52. The van der Waals surface area contributed by atoms with Crippen LogP contribution in [0.5, 0.6) is 0 Å². The Kier molecular flexibility index (Phi) is 2.95. The van der Waals surface area contributed by atoms with Crippen molar-refractivity contribution in [1.82, 2.24) is 5.32 Å². The van der Waals surface area contributed by atoms with Crippen LogP contribution >= 0.6 is 0 Å². The zero-order valence-electron chi connectivity index (χ0n) is 9.24. The highest BCUT2D eigenvalue weighted by molar-refractivity contribution is 5.09. The molecule has 0 radical (unpaired) electrons. The molecule has 2 fully saturated rings. The number of β-amino-alcohol motifs (C(OH)–C–C–N with tert-alkyl or cyclic N) is 1. The molecule has 0 saturated heterocycles. The molecular formula is C11H18F3NO. The van der Waals surface area contributed by atoms with Crippen LogP contribution in [0.2, 0.25) is 0 Å². The van der Waals surface area contributed by atoms with E-state index in [0.29, 0.717) is 12.8 Å². The van der Waals surface area contributed by atoms with Gasteiger partial charge in [0.15, 0.2) is 0 Å². The molecule has 0 unspecified atom stereocenters. The zero-order valence-corrected chi connectivity index (χ0v) is 9.24. The molecule has 2 saturated carbocycles. The van der Waals surface area contributed by atoms with Crippen LogP contribution in [-0.4, -0.2) is 29.0 Å². The Morgan fingerprint density at radius 3 is 2.00 bits per heavy atom. The molecule has 0 aromatic carbocycles. The van der Waals surface area contributed by atoms with Gasteiger partial charge in [-0.3, -0.25) is 0 Å². The number of nitrogens with one attached hydrogen (secondary N) is 1. The van der Waals surface area contributed by atoms with E-state index < -0.39 is 17.3 Å². The molecule has 0 spiro atoms. The molecule has 2 N–H and O–H groups in total. The highest BCUT2D eigenvalue weighted by Gasteiger charge is 2.63. The first-order chi connectivity index (χ1) is 7.37. The number of hydrogen-bond donors (Lipinski definition) is 2. The van der Waals surface area contributed by atoms with Crippen LogP contribution in [0, 0.1) is 0 Å². The molecule has 0 aromatic rings. The standard InChI is InChI=1S/C11H18F3NO/c12-11(13,14)10(6-7-10)15-8-9(16)4-2-1-3-5-9/h15-16H,1-8H2. The fourth-order valence-corrected chi connectivity index (χ4v) is 2.41. The molecule has 2 aliphatic carbocycles. The predicted molar refractivity (Wildman–Crippen MR) is 54.1 cm³/mol. The predicted octanol–water partition coefficient (Wildman–Crippen LogP) is 2.37. The zero-order chi connectivity index (χ0) is 11.9. The summed E-state index contributed by atoms with van der Waals surface area (Å²) < 4.78 is 37.9. The summed E-state index contributed by atoms with van der Waals surface area (Å²) in [6, 6.07) is 0. The summed E-state index contributed by atoms with van der Waals surface area (Å²) in [5.74, 6) is 0. The van der Waals surface area contributed by atoms with Crippen LogP contribution in [0.15, 0.2) is 0 Å². The van der Waals surface area contributed by atoms with Crippen LogP contribution < -0.4 is 5.32 Å². The van der Waals surface area contributed by atoms with Gasteiger partial charge in [-0.2, -0.15) is 13.2 Å². The second-order valence-electron chi connectivity index (χ2n) is 5.22. The molecule has 2 aliphatic rings. The molecule has 16 heavy (non-hydrogen) atoms. The Morgan fingerprint density at radius 1 is 1.00 bits per heavy atom. The van der Waals surface area contributed by atoms with Crippen molar-refractivity contribution in [2.45, 2.75) is 62.3 Å². The Morgan fingerprint density at radius 2 is 1.56 bits per heavy atom. The van der Waals surface area contributed by atoms with Crippen LogP contribution in [0.1, 0.15) is 44.9 Å². The van der Waals surface area contributed by atoms with Gasteiger partial charge in [-0.25, -0.2) is 0 Å². The van der Waals surface area contributed by atoms with Gasteiger partial charge in [0, 0.05) is 6.54 Å². The number of rotatable bonds is 3. The van der Waals surface area contributed by atoms with Gasteiger partial charge in [0.2, 0.25) is 0 Å². The lowest BCUT2D eigenvalue weighted by atomic mass is 9.84. The molecule has 5 heteroatoms. The Bertz CT molecular complexity index is 254. The Balaban J connectivity index is 1.87. The van der Waals surface area contributed by atoms with Crippen molar-refractivity contribution in [2.24, 2.45) is 0 Å². The van der Waals surface area contributed by atoms with E-state index in [-0.39, 0.29) is 19.4 Å². The second-order valence-corrected chi connectivity index (χ2v) is 5.22. The van der Waals surface area contributed by atoms with Gasteiger partial charge >= 0.3 is 6.18 Å². The minimum atomic E-state index is -4.18. The molecule has 0 amide bonds. The van der Waals surface area contributed by atoms with Crippen LogP contribution in [-0.2, 0) is 0 Å². The quantitative estimate of drug-likeness (QED) is 0.789. The minimum Gasteiger partial charge on any atom is -0.389 e. The van der Waals surface area contributed by atoms with Crippen molar-refractivity contribution in [3.05, 3.63) is 0 Å². The molecular weight excluding hydrogens is 219 g/mol. The van der Waals surface area contributed by atoms with E-state index in [0.717, 1.165) is 19.3 Å². The number of hydrogen-bond acceptors (Lipinski definition) is 2. The van der Waals surface area contributed by atoms with Crippen molar-refractivity contribution >= 4 is 0 Å². The maximum atomic E-state index is 12.6. The van der Waals surface area contributed by atoms with Crippen LogP contribution in [0.3, 0.4) is 0 Å². The first-order valence-electron chi connectivity index (χ1n) is 5.91. The van der Waals surface area contributed by atoms with Crippen molar-refractivity contribution in [1.29, 1.82) is 0 Å². The van der Waals surface area contributed by atoms with E-state index in [1.54, 1.807) is 0 Å². The SMILES string of the molecule is OC1(CNC2(C(F)(F)F)CC2)CCCCC1. The highest BCUT2D eigenvalue weighted by Crippen LogP contribution is 2.49. The first kappa shape index (κ1) is 12.2. The summed E-state index contributed by atoms with van der Waals surface area (Å²) >= 11 is 0. The maximum Gasteiger partial charge on any atom is 0.406 e. The minimum absolute atomic E-state index is 0.0759. The number of alkyl halides is 3. The summed E-state index contributed by atoms with van der Waals surface area (Å²) in [6.07, 6.45) is 0.250. The lowest BCUT2D eigenvalue weighted by Gasteiger charge is -2.34. The number of halogens is 3. The summed E-state index contributed by atoms with van der Waals surface area (Å²) in [5, 5.41) is 12.6. The van der Waals surface area contributed by atoms with Gasteiger partial charge in [0.1, 0.15) is 5.54 Å². The van der Waals surface area contributed by atoms with E-state index in [1.165, 1.54) is 0 Å². The van der Waals surface area contributed by atoms with Gasteiger partial charge in [0.05, 0.1) is 5.60 Å². The lowest BCUT2D eigenvalue weighted by molar-refractivity contribution is -0.168.